The molecule has 0 fully saturated rings. The first-order valence-corrected chi connectivity index (χ1v) is 8.91. The molecule has 4 nitrogen and oxygen atoms in total. The number of fused-ring (bicyclic) bond motifs is 1. The highest BCUT2D eigenvalue weighted by atomic mass is 35.5. The lowest BCUT2D eigenvalue weighted by atomic mass is 10.1. The van der Waals surface area contributed by atoms with Crippen LogP contribution < -0.4 is 5.32 Å². The maximum atomic E-state index is 12.2. The lowest BCUT2D eigenvalue weighted by Crippen LogP contribution is -2.28. The van der Waals surface area contributed by atoms with Gasteiger partial charge < -0.3 is 10.1 Å². The summed E-state index contributed by atoms with van der Waals surface area (Å²) in [6.07, 6.45) is 0. The minimum absolute atomic E-state index is 0.314. The number of amides is 1. The molecule has 2 aromatic carbocycles. The third kappa shape index (κ3) is 4.00. The van der Waals surface area contributed by atoms with E-state index < -0.39 is 5.97 Å². The Morgan fingerprint density at radius 2 is 1.84 bits per heavy atom. The van der Waals surface area contributed by atoms with E-state index in [1.54, 1.807) is 0 Å². The Balaban J connectivity index is 1.57. The number of aryl methyl sites for hydroxylation is 1. The van der Waals surface area contributed by atoms with Crippen LogP contribution in [-0.2, 0) is 16.1 Å². The predicted octanol–water partition coefficient (Wildman–Crippen LogP) is 4.34. The molecule has 128 valence electrons. The van der Waals surface area contributed by atoms with Crippen molar-refractivity contribution < 1.29 is 14.3 Å². The van der Waals surface area contributed by atoms with Gasteiger partial charge in [-0.15, -0.1) is 11.3 Å². The number of ether oxygens (including phenoxy) is 1. The number of rotatable bonds is 5. The molecule has 1 N–H and O–H groups in total. The summed E-state index contributed by atoms with van der Waals surface area (Å²) in [6, 6.07) is 15.2. The van der Waals surface area contributed by atoms with E-state index >= 15 is 0 Å². The van der Waals surface area contributed by atoms with Crippen molar-refractivity contribution in [2.24, 2.45) is 0 Å². The Hall–Kier alpha value is -2.37. The van der Waals surface area contributed by atoms with Gasteiger partial charge in [-0.2, -0.15) is 0 Å². The summed E-state index contributed by atoms with van der Waals surface area (Å²) in [4.78, 5) is 24.4. The second-order valence-electron chi connectivity index (χ2n) is 5.52. The van der Waals surface area contributed by atoms with E-state index in [4.69, 9.17) is 16.3 Å². The molecule has 0 aliphatic rings. The number of esters is 1. The monoisotopic (exact) mass is 373 g/mol. The van der Waals surface area contributed by atoms with Gasteiger partial charge in [0, 0.05) is 16.6 Å². The van der Waals surface area contributed by atoms with Gasteiger partial charge in [-0.3, -0.25) is 4.79 Å². The molecule has 1 aromatic heterocycles. The summed E-state index contributed by atoms with van der Waals surface area (Å²) in [5.74, 6) is -0.939. The fourth-order valence-corrected chi connectivity index (χ4v) is 3.80. The van der Waals surface area contributed by atoms with Crippen molar-refractivity contribution in [3.8, 4) is 0 Å². The van der Waals surface area contributed by atoms with Crippen LogP contribution in [0.15, 0.2) is 48.5 Å². The highest BCUT2D eigenvalue weighted by Crippen LogP contribution is 2.35. The summed E-state index contributed by atoms with van der Waals surface area (Å²) >= 11 is 7.49. The zero-order chi connectivity index (χ0) is 17.8. The molecule has 0 radical (unpaired) electrons. The molecule has 0 atom stereocenters. The van der Waals surface area contributed by atoms with Crippen LogP contribution in [0.5, 0.6) is 0 Å². The first-order valence-electron chi connectivity index (χ1n) is 7.71. The molecule has 25 heavy (non-hydrogen) atoms. The molecule has 0 bridgehead atoms. The molecule has 6 heteroatoms. The van der Waals surface area contributed by atoms with E-state index in [1.165, 1.54) is 11.3 Å². The van der Waals surface area contributed by atoms with Crippen LogP contribution in [0.3, 0.4) is 0 Å². The average Bonchev–Trinajstić information content (AvgIpc) is 2.96. The Morgan fingerprint density at radius 1 is 1.12 bits per heavy atom. The van der Waals surface area contributed by atoms with Gasteiger partial charge in [-0.25, -0.2) is 4.79 Å². The number of hydrogen-bond donors (Lipinski definition) is 1. The summed E-state index contributed by atoms with van der Waals surface area (Å²) < 4.78 is 6.00. The van der Waals surface area contributed by atoms with Crippen LogP contribution in [0.2, 0.25) is 5.02 Å². The van der Waals surface area contributed by atoms with Crippen molar-refractivity contribution in [1.29, 1.82) is 0 Å². The zero-order valence-electron chi connectivity index (χ0n) is 13.5. The molecule has 1 amide bonds. The SMILES string of the molecule is Cc1ccccc1CNC(=O)COC(=O)c1sc2ccccc2c1Cl. The molecule has 1 heterocycles. The fourth-order valence-electron chi connectivity index (χ4n) is 2.40. The number of benzene rings is 2. The minimum Gasteiger partial charge on any atom is -0.451 e. The maximum absolute atomic E-state index is 12.2. The van der Waals surface area contributed by atoms with Crippen LogP contribution in [0.25, 0.3) is 10.1 Å². The van der Waals surface area contributed by atoms with E-state index in [2.05, 4.69) is 5.32 Å². The van der Waals surface area contributed by atoms with E-state index in [0.717, 1.165) is 21.2 Å². The molecule has 0 saturated heterocycles. The quantitative estimate of drug-likeness (QED) is 0.677. The summed E-state index contributed by atoms with van der Waals surface area (Å²) in [5, 5.41) is 3.92. The van der Waals surface area contributed by atoms with Gasteiger partial charge in [-0.1, -0.05) is 54.1 Å². The standard InChI is InChI=1S/C19H16ClNO3S/c1-12-6-2-3-7-13(12)10-21-16(22)11-24-19(23)18-17(20)14-8-4-5-9-15(14)25-18/h2-9H,10-11H2,1H3,(H,21,22). The molecule has 3 rings (SSSR count). The Labute approximate surface area is 154 Å². The van der Waals surface area contributed by atoms with Gasteiger partial charge in [0.1, 0.15) is 4.88 Å². The van der Waals surface area contributed by atoms with Crippen LogP contribution in [0, 0.1) is 6.92 Å². The number of carbonyl (C=O) groups is 2. The maximum Gasteiger partial charge on any atom is 0.350 e. The number of carbonyl (C=O) groups excluding carboxylic acids is 2. The van der Waals surface area contributed by atoms with Gasteiger partial charge in [0.15, 0.2) is 6.61 Å². The predicted molar refractivity (Wildman–Crippen MR) is 100 cm³/mol. The normalized spacial score (nSPS) is 10.6. The molecular formula is C19H16ClNO3S. The summed E-state index contributed by atoms with van der Waals surface area (Å²) in [5.41, 5.74) is 2.12. The summed E-state index contributed by atoms with van der Waals surface area (Å²) in [7, 11) is 0. The molecule has 0 spiro atoms. The van der Waals surface area contributed by atoms with E-state index in [0.29, 0.717) is 16.4 Å². The molecule has 3 aromatic rings. The fraction of sp³-hybridized carbons (Fsp3) is 0.158. The highest BCUT2D eigenvalue weighted by Gasteiger charge is 2.19. The van der Waals surface area contributed by atoms with Crippen molar-refractivity contribution in [1.82, 2.24) is 5.32 Å². The van der Waals surface area contributed by atoms with Crippen LogP contribution >= 0.6 is 22.9 Å². The average molecular weight is 374 g/mol. The van der Waals surface area contributed by atoms with Gasteiger partial charge >= 0.3 is 5.97 Å². The number of thiophene rings is 1. The van der Waals surface area contributed by atoms with Crippen molar-refractivity contribution in [3.05, 3.63) is 69.6 Å². The smallest absolute Gasteiger partial charge is 0.350 e. The van der Waals surface area contributed by atoms with Gasteiger partial charge in [0.2, 0.25) is 0 Å². The van der Waals surface area contributed by atoms with Crippen LogP contribution in [0.1, 0.15) is 20.8 Å². The minimum atomic E-state index is -0.586. The van der Waals surface area contributed by atoms with E-state index in [-0.39, 0.29) is 12.5 Å². The van der Waals surface area contributed by atoms with Crippen molar-refractivity contribution in [2.75, 3.05) is 6.61 Å². The first-order chi connectivity index (χ1) is 12.1. The Morgan fingerprint density at radius 3 is 2.60 bits per heavy atom. The highest BCUT2D eigenvalue weighted by molar-refractivity contribution is 7.21. The third-order valence-corrected chi connectivity index (χ3v) is 5.45. The summed E-state index contributed by atoms with van der Waals surface area (Å²) in [6.45, 7) is 2.03. The lowest BCUT2D eigenvalue weighted by molar-refractivity contribution is -0.124. The van der Waals surface area contributed by atoms with Gasteiger partial charge in [0.05, 0.1) is 5.02 Å². The molecule has 0 aliphatic carbocycles. The molecular weight excluding hydrogens is 358 g/mol. The van der Waals surface area contributed by atoms with Crippen molar-refractivity contribution >= 4 is 44.9 Å². The number of nitrogens with one attached hydrogen (secondary N) is 1. The van der Waals surface area contributed by atoms with Gasteiger partial charge in [-0.05, 0) is 24.1 Å². The Kier molecular flexibility index (Phi) is 5.36. The molecule has 0 aliphatic heterocycles. The Bertz CT molecular complexity index is 935. The molecule has 0 saturated carbocycles. The topological polar surface area (TPSA) is 55.4 Å². The number of halogens is 1. The van der Waals surface area contributed by atoms with Crippen molar-refractivity contribution in [2.45, 2.75) is 13.5 Å². The van der Waals surface area contributed by atoms with E-state index in [9.17, 15) is 9.59 Å². The second-order valence-corrected chi connectivity index (χ2v) is 6.95. The second kappa shape index (κ2) is 7.68. The zero-order valence-corrected chi connectivity index (χ0v) is 15.1. The van der Waals surface area contributed by atoms with Crippen LogP contribution in [-0.4, -0.2) is 18.5 Å². The number of hydrogen-bond acceptors (Lipinski definition) is 4. The third-order valence-electron chi connectivity index (χ3n) is 3.79. The van der Waals surface area contributed by atoms with Crippen molar-refractivity contribution in [3.63, 3.8) is 0 Å². The van der Waals surface area contributed by atoms with E-state index in [1.807, 2.05) is 55.5 Å². The lowest BCUT2D eigenvalue weighted by Gasteiger charge is -2.08. The van der Waals surface area contributed by atoms with Gasteiger partial charge in [0.25, 0.3) is 5.91 Å². The first kappa shape index (κ1) is 17.5. The van der Waals surface area contributed by atoms with Crippen LogP contribution in [0.4, 0.5) is 0 Å². The molecule has 0 unspecified atom stereocenters. The largest absolute Gasteiger partial charge is 0.451 e.